The molecule has 1 N–H and O–H groups in total. The number of ether oxygens (including phenoxy) is 1. The van der Waals surface area contributed by atoms with E-state index in [1.807, 2.05) is 19.9 Å². The van der Waals surface area contributed by atoms with Gasteiger partial charge in [0.25, 0.3) is 11.7 Å². The summed E-state index contributed by atoms with van der Waals surface area (Å²) in [4.78, 5) is 27.7. The van der Waals surface area contributed by atoms with Crippen LogP contribution in [0, 0.1) is 0 Å². The van der Waals surface area contributed by atoms with Crippen molar-refractivity contribution in [3.8, 4) is 5.75 Å². The molecule has 1 unspecified atom stereocenters. The molecule has 1 heterocycles. The van der Waals surface area contributed by atoms with Crippen LogP contribution in [0.4, 0.5) is 5.69 Å². The lowest BCUT2D eigenvalue weighted by molar-refractivity contribution is -0.132. The Morgan fingerprint density at radius 2 is 1.61 bits per heavy atom. The van der Waals surface area contributed by atoms with Gasteiger partial charge in [0.15, 0.2) is 0 Å². The average Bonchev–Trinajstić information content (AvgIpc) is 3.06. The Bertz CT molecular complexity index is 1240. The van der Waals surface area contributed by atoms with Gasteiger partial charge >= 0.3 is 0 Å². The third kappa shape index (κ3) is 4.47. The van der Waals surface area contributed by atoms with Crippen LogP contribution in [0.25, 0.3) is 5.76 Å². The first-order chi connectivity index (χ1) is 15.8. The zero-order valence-electron chi connectivity index (χ0n) is 18.0. The Labute approximate surface area is 201 Å². The largest absolute Gasteiger partial charge is 0.507 e. The summed E-state index contributed by atoms with van der Waals surface area (Å²) in [5.41, 5.74) is 1.45. The maximum absolute atomic E-state index is 13.2. The first-order valence-corrected chi connectivity index (χ1v) is 11.1. The molecule has 1 aliphatic heterocycles. The number of halogens is 2. The van der Waals surface area contributed by atoms with Gasteiger partial charge in [-0.2, -0.15) is 0 Å². The van der Waals surface area contributed by atoms with Gasteiger partial charge in [-0.25, -0.2) is 0 Å². The summed E-state index contributed by atoms with van der Waals surface area (Å²) in [6, 6.07) is 19.7. The summed E-state index contributed by atoms with van der Waals surface area (Å²) in [7, 11) is 0. The third-order valence-electron chi connectivity index (χ3n) is 5.24. The monoisotopic (exact) mass is 481 g/mol. The number of carbonyl (C=O) groups excluding carboxylic acids is 2. The number of aliphatic hydroxyl groups excluding tert-OH is 1. The van der Waals surface area contributed by atoms with Crippen LogP contribution in [0.1, 0.15) is 31.0 Å². The van der Waals surface area contributed by atoms with Crippen LogP contribution < -0.4 is 9.64 Å². The summed E-state index contributed by atoms with van der Waals surface area (Å²) in [6.45, 7) is 3.85. The number of hydrogen-bond donors (Lipinski definition) is 1. The molecule has 0 spiro atoms. The molecule has 3 aromatic rings. The second-order valence-electron chi connectivity index (χ2n) is 7.87. The molecule has 0 aliphatic carbocycles. The highest BCUT2D eigenvalue weighted by molar-refractivity contribution is 6.51. The van der Waals surface area contributed by atoms with E-state index in [-0.39, 0.29) is 22.5 Å². The van der Waals surface area contributed by atoms with E-state index in [1.165, 1.54) is 17.0 Å². The van der Waals surface area contributed by atoms with Crippen molar-refractivity contribution < 1.29 is 19.4 Å². The number of aliphatic hydroxyl groups is 1. The molecule has 0 bridgehead atoms. The molecule has 1 amide bonds. The van der Waals surface area contributed by atoms with Gasteiger partial charge in [0, 0.05) is 11.3 Å². The van der Waals surface area contributed by atoms with E-state index in [0.717, 1.165) is 0 Å². The van der Waals surface area contributed by atoms with Crippen molar-refractivity contribution in [1.82, 2.24) is 0 Å². The number of rotatable bonds is 5. The van der Waals surface area contributed by atoms with Gasteiger partial charge in [0.05, 0.1) is 27.8 Å². The Hall–Kier alpha value is -3.28. The number of anilines is 1. The van der Waals surface area contributed by atoms with Crippen molar-refractivity contribution in [3.63, 3.8) is 0 Å². The van der Waals surface area contributed by atoms with E-state index >= 15 is 0 Å². The van der Waals surface area contributed by atoms with Crippen molar-refractivity contribution in [2.24, 2.45) is 0 Å². The Kier molecular flexibility index (Phi) is 6.45. The molecule has 4 rings (SSSR count). The van der Waals surface area contributed by atoms with Crippen molar-refractivity contribution in [3.05, 3.63) is 99.5 Å². The molecule has 1 fully saturated rings. The van der Waals surface area contributed by atoms with E-state index in [2.05, 4.69) is 0 Å². The van der Waals surface area contributed by atoms with Crippen LogP contribution in [0.2, 0.25) is 10.0 Å². The summed E-state index contributed by atoms with van der Waals surface area (Å²) < 4.78 is 5.72. The topological polar surface area (TPSA) is 66.8 Å². The number of carbonyl (C=O) groups is 2. The summed E-state index contributed by atoms with van der Waals surface area (Å²) in [6.07, 6.45) is 0.000424. The number of benzene rings is 3. The molecule has 168 valence electrons. The summed E-state index contributed by atoms with van der Waals surface area (Å²) in [5.74, 6) is -1.17. The first-order valence-electron chi connectivity index (χ1n) is 10.4. The predicted octanol–water partition coefficient (Wildman–Crippen LogP) is 6.41. The van der Waals surface area contributed by atoms with Gasteiger partial charge in [0.1, 0.15) is 11.5 Å². The van der Waals surface area contributed by atoms with E-state index in [0.29, 0.717) is 27.6 Å². The molecule has 1 saturated heterocycles. The second-order valence-corrected chi connectivity index (χ2v) is 8.68. The molecular weight excluding hydrogens is 461 g/mol. The van der Waals surface area contributed by atoms with Gasteiger partial charge in [-0.3, -0.25) is 14.5 Å². The fourth-order valence-corrected chi connectivity index (χ4v) is 4.10. The lowest BCUT2D eigenvalue weighted by Crippen LogP contribution is -2.29. The number of para-hydroxylation sites is 1. The van der Waals surface area contributed by atoms with E-state index in [4.69, 9.17) is 27.9 Å². The number of Topliss-reactive ketones (excluding diaryl/α,β-unsaturated/α-hetero) is 1. The van der Waals surface area contributed by atoms with Crippen LogP contribution in [0.15, 0.2) is 78.4 Å². The van der Waals surface area contributed by atoms with Crippen molar-refractivity contribution in [2.75, 3.05) is 4.90 Å². The minimum atomic E-state index is -0.838. The predicted molar refractivity (Wildman–Crippen MR) is 130 cm³/mol. The highest BCUT2D eigenvalue weighted by atomic mass is 35.5. The van der Waals surface area contributed by atoms with Crippen LogP contribution in [-0.4, -0.2) is 22.9 Å². The molecule has 0 aromatic heterocycles. The Balaban J connectivity index is 1.89. The van der Waals surface area contributed by atoms with Crippen molar-refractivity contribution in [2.45, 2.75) is 26.0 Å². The van der Waals surface area contributed by atoms with Gasteiger partial charge < -0.3 is 9.84 Å². The molecule has 5 nitrogen and oxygen atoms in total. The average molecular weight is 482 g/mol. The van der Waals surface area contributed by atoms with Gasteiger partial charge in [0.2, 0.25) is 0 Å². The van der Waals surface area contributed by atoms with E-state index in [9.17, 15) is 14.7 Å². The first kappa shape index (κ1) is 22.9. The third-order valence-corrected chi connectivity index (χ3v) is 5.98. The summed E-state index contributed by atoms with van der Waals surface area (Å²) in [5, 5.41) is 11.7. The standard InChI is InChI=1S/C26H21Cl2NO4/c1-15(2)33-19-11-8-16(9-12-19)23-22(24(30)17-10-13-20(27)21(28)14-17)25(31)26(32)29(23)18-6-4-3-5-7-18/h3-15,23,30H,1-2H3/b24-22-. The van der Waals surface area contributed by atoms with E-state index in [1.54, 1.807) is 54.6 Å². The van der Waals surface area contributed by atoms with Crippen LogP contribution >= 0.6 is 23.2 Å². The maximum Gasteiger partial charge on any atom is 0.300 e. The second kappa shape index (κ2) is 9.30. The molecule has 3 aromatic carbocycles. The normalized spacial score (nSPS) is 17.6. The van der Waals surface area contributed by atoms with Crippen LogP contribution in [0.5, 0.6) is 5.75 Å². The van der Waals surface area contributed by atoms with E-state index < -0.39 is 17.7 Å². The Morgan fingerprint density at radius 3 is 2.21 bits per heavy atom. The number of amides is 1. The molecular formula is C26H21Cl2NO4. The quantitative estimate of drug-likeness (QED) is 0.259. The number of ketones is 1. The van der Waals surface area contributed by atoms with Crippen molar-refractivity contribution in [1.29, 1.82) is 0 Å². The smallest absolute Gasteiger partial charge is 0.300 e. The minimum Gasteiger partial charge on any atom is -0.507 e. The molecule has 1 aliphatic rings. The lowest BCUT2D eigenvalue weighted by atomic mass is 9.95. The van der Waals surface area contributed by atoms with Gasteiger partial charge in [-0.05, 0) is 61.9 Å². The molecule has 0 saturated carbocycles. The lowest BCUT2D eigenvalue weighted by Gasteiger charge is -2.25. The highest BCUT2D eigenvalue weighted by Gasteiger charge is 2.46. The molecule has 1 atom stereocenters. The number of hydrogen-bond acceptors (Lipinski definition) is 4. The van der Waals surface area contributed by atoms with Crippen LogP contribution in [-0.2, 0) is 9.59 Å². The fourth-order valence-electron chi connectivity index (χ4n) is 3.80. The molecule has 7 heteroatoms. The maximum atomic E-state index is 13.2. The summed E-state index contributed by atoms with van der Waals surface area (Å²) >= 11 is 12.1. The zero-order chi connectivity index (χ0) is 23.7. The number of nitrogens with zero attached hydrogens (tertiary/aromatic N) is 1. The molecule has 0 radical (unpaired) electrons. The van der Waals surface area contributed by atoms with Crippen LogP contribution in [0.3, 0.4) is 0 Å². The molecule has 33 heavy (non-hydrogen) atoms. The van der Waals surface area contributed by atoms with Gasteiger partial charge in [-0.1, -0.05) is 53.5 Å². The zero-order valence-corrected chi connectivity index (χ0v) is 19.5. The SMILES string of the molecule is CC(C)Oc1ccc(C2/C(=C(/O)c3ccc(Cl)c(Cl)c3)C(=O)C(=O)N2c2ccccc2)cc1. The minimum absolute atomic E-state index is 0.000424. The van der Waals surface area contributed by atoms with Gasteiger partial charge in [-0.15, -0.1) is 0 Å². The highest BCUT2D eigenvalue weighted by Crippen LogP contribution is 2.42. The van der Waals surface area contributed by atoms with Crippen molar-refractivity contribution >= 4 is 46.3 Å². The Morgan fingerprint density at radius 1 is 0.939 bits per heavy atom. The fraction of sp³-hybridized carbons (Fsp3) is 0.154.